The average Bonchev–Trinajstić information content (AvgIpc) is 2.92. The molecular weight excluding hydrogens is 300 g/mol. The number of aliphatic hydroxyl groups is 2. The van der Waals surface area contributed by atoms with E-state index in [0.717, 1.165) is 44.9 Å². The van der Waals surface area contributed by atoms with Crippen LogP contribution >= 0.6 is 0 Å². The van der Waals surface area contributed by atoms with Gasteiger partial charge in [0.15, 0.2) is 5.78 Å². The molecule has 0 amide bonds. The van der Waals surface area contributed by atoms with Crippen LogP contribution in [0.3, 0.4) is 0 Å². The van der Waals surface area contributed by atoms with Gasteiger partial charge in [-0.15, -0.1) is 0 Å². The average molecular weight is 332 g/mol. The molecule has 4 aliphatic carbocycles. The van der Waals surface area contributed by atoms with E-state index in [1.54, 1.807) is 0 Å². The molecule has 3 heteroatoms. The first-order valence-corrected chi connectivity index (χ1v) is 9.91. The highest BCUT2D eigenvalue weighted by molar-refractivity contribution is 5.83. The third-order valence-corrected chi connectivity index (χ3v) is 8.62. The summed E-state index contributed by atoms with van der Waals surface area (Å²) < 4.78 is 0. The molecule has 0 radical (unpaired) electrons. The lowest BCUT2D eigenvalue weighted by molar-refractivity contribution is -0.132. The Kier molecular flexibility index (Phi) is 3.96. The van der Waals surface area contributed by atoms with Crippen molar-refractivity contribution >= 4 is 5.78 Å². The van der Waals surface area contributed by atoms with E-state index in [4.69, 9.17) is 0 Å². The summed E-state index contributed by atoms with van der Waals surface area (Å²) >= 11 is 0. The van der Waals surface area contributed by atoms with E-state index < -0.39 is 0 Å². The Balaban J connectivity index is 1.64. The van der Waals surface area contributed by atoms with Crippen LogP contribution in [0.15, 0.2) is 11.6 Å². The normalized spacial score (nSPS) is 50.5. The summed E-state index contributed by atoms with van der Waals surface area (Å²) in [6.07, 6.45) is 10.8. The maximum absolute atomic E-state index is 12.3. The molecule has 0 aromatic rings. The van der Waals surface area contributed by atoms with Crippen LogP contribution in [0.4, 0.5) is 0 Å². The zero-order valence-corrected chi connectivity index (χ0v) is 15.1. The Bertz CT molecular complexity index is 567. The second-order valence-corrected chi connectivity index (χ2v) is 9.45. The van der Waals surface area contributed by atoms with Gasteiger partial charge in [-0.1, -0.05) is 25.5 Å². The Labute approximate surface area is 145 Å². The molecular formula is C21H32O3. The van der Waals surface area contributed by atoms with Gasteiger partial charge >= 0.3 is 0 Å². The molecule has 3 fully saturated rings. The molecule has 0 saturated heterocycles. The van der Waals surface area contributed by atoms with Crippen molar-refractivity contribution in [1.82, 2.24) is 0 Å². The van der Waals surface area contributed by atoms with Crippen molar-refractivity contribution in [3.05, 3.63) is 11.6 Å². The molecule has 3 nitrogen and oxygen atoms in total. The third-order valence-electron chi connectivity index (χ3n) is 8.62. The fourth-order valence-corrected chi connectivity index (χ4v) is 7.28. The highest BCUT2D eigenvalue weighted by atomic mass is 16.3. The van der Waals surface area contributed by atoms with Gasteiger partial charge in [-0.3, -0.25) is 4.79 Å². The van der Waals surface area contributed by atoms with Gasteiger partial charge in [0, 0.05) is 5.92 Å². The first kappa shape index (κ1) is 16.8. The number of carbonyl (C=O) groups is 1. The van der Waals surface area contributed by atoms with Crippen molar-refractivity contribution < 1.29 is 15.0 Å². The number of carbonyl (C=O) groups excluding carboxylic acids is 1. The van der Waals surface area contributed by atoms with Crippen molar-refractivity contribution in [2.75, 3.05) is 6.61 Å². The molecule has 4 aliphatic rings. The number of hydrogen-bond donors (Lipinski definition) is 2. The molecule has 7 atom stereocenters. The smallest absolute Gasteiger partial charge is 0.161 e. The minimum absolute atomic E-state index is 0.0671. The van der Waals surface area contributed by atoms with Gasteiger partial charge in [0.2, 0.25) is 0 Å². The molecule has 4 rings (SSSR count). The summed E-state index contributed by atoms with van der Waals surface area (Å²) in [6, 6.07) is 0. The highest BCUT2D eigenvalue weighted by Gasteiger charge is 2.59. The molecule has 0 spiro atoms. The molecule has 134 valence electrons. The van der Waals surface area contributed by atoms with Crippen LogP contribution < -0.4 is 0 Å². The van der Waals surface area contributed by atoms with Crippen molar-refractivity contribution in [3.63, 3.8) is 0 Å². The van der Waals surface area contributed by atoms with Crippen LogP contribution in [0.1, 0.15) is 65.2 Å². The van der Waals surface area contributed by atoms with Gasteiger partial charge in [-0.2, -0.15) is 0 Å². The number of hydrogen-bond acceptors (Lipinski definition) is 3. The van der Waals surface area contributed by atoms with E-state index in [2.05, 4.69) is 19.9 Å². The fourth-order valence-electron chi connectivity index (χ4n) is 7.28. The number of aliphatic hydroxyl groups excluding tert-OH is 2. The maximum atomic E-state index is 12.3. The Hall–Kier alpha value is -0.670. The molecule has 24 heavy (non-hydrogen) atoms. The highest BCUT2D eigenvalue weighted by Crippen LogP contribution is 2.66. The van der Waals surface area contributed by atoms with E-state index in [1.807, 2.05) is 0 Å². The molecule has 0 aromatic heterocycles. The molecule has 0 bridgehead atoms. The number of fused-ring (bicyclic) bond motifs is 5. The predicted octanol–water partition coefficient (Wildman–Crippen LogP) is 3.49. The van der Waals surface area contributed by atoms with Crippen molar-refractivity contribution in [3.8, 4) is 0 Å². The van der Waals surface area contributed by atoms with Crippen molar-refractivity contribution in [2.45, 2.75) is 71.3 Å². The number of allylic oxidation sites excluding steroid dienone is 1. The quantitative estimate of drug-likeness (QED) is 0.761. The molecule has 0 heterocycles. The third kappa shape index (κ3) is 2.20. The van der Waals surface area contributed by atoms with Crippen LogP contribution in [0.25, 0.3) is 0 Å². The van der Waals surface area contributed by atoms with Crippen LogP contribution in [0.5, 0.6) is 0 Å². The van der Waals surface area contributed by atoms with Gasteiger partial charge < -0.3 is 10.2 Å². The van der Waals surface area contributed by atoms with E-state index in [1.165, 1.54) is 12.0 Å². The summed E-state index contributed by atoms with van der Waals surface area (Å²) in [5.74, 6) is 2.16. The zero-order valence-electron chi connectivity index (χ0n) is 15.1. The van der Waals surface area contributed by atoms with Crippen LogP contribution in [0.2, 0.25) is 0 Å². The van der Waals surface area contributed by atoms with Crippen LogP contribution in [0, 0.1) is 34.5 Å². The fraction of sp³-hybridized carbons (Fsp3) is 0.857. The lowest BCUT2D eigenvalue weighted by Gasteiger charge is -2.57. The first-order valence-electron chi connectivity index (χ1n) is 9.91. The monoisotopic (exact) mass is 332 g/mol. The van der Waals surface area contributed by atoms with E-state index >= 15 is 0 Å². The molecule has 0 aromatic carbocycles. The van der Waals surface area contributed by atoms with Gasteiger partial charge in [0.05, 0.1) is 6.10 Å². The lowest BCUT2D eigenvalue weighted by Crippen LogP contribution is -2.51. The predicted molar refractivity (Wildman–Crippen MR) is 93.3 cm³/mol. The van der Waals surface area contributed by atoms with E-state index in [9.17, 15) is 15.0 Å². The molecule has 0 aliphatic heterocycles. The summed E-state index contributed by atoms with van der Waals surface area (Å²) in [6.45, 7) is 4.47. The number of rotatable bonds is 2. The van der Waals surface area contributed by atoms with Gasteiger partial charge in [-0.25, -0.2) is 0 Å². The standard InChI is InChI=1S/C21H32O3/c1-20-9-7-14(23)11-13(20)3-4-15-16-5-6-18(19(24)12-22)21(16,2)10-8-17(15)20/h3,14-18,22-23H,4-12H2,1-2H3/t14-,15-,16-,17-,18+,20+,21+/m1/s1. The maximum Gasteiger partial charge on any atom is 0.161 e. The largest absolute Gasteiger partial charge is 0.393 e. The summed E-state index contributed by atoms with van der Waals surface area (Å²) in [5, 5.41) is 19.4. The molecule has 0 unspecified atom stereocenters. The van der Waals surface area contributed by atoms with Crippen molar-refractivity contribution in [1.29, 1.82) is 0 Å². The van der Waals surface area contributed by atoms with Crippen LogP contribution in [-0.4, -0.2) is 28.7 Å². The lowest BCUT2D eigenvalue weighted by atomic mass is 9.47. The molecule has 2 N–H and O–H groups in total. The second kappa shape index (κ2) is 5.67. The van der Waals surface area contributed by atoms with Gasteiger partial charge in [0.25, 0.3) is 0 Å². The number of ketones is 1. The minimum Gasteiger partial charge on any atom is -0.393 e. The SMILES string of the molecule is C[C@]12CC[C@@H]3[C@H](CC=C4C[C@H](O)CC[C@@]43C)[C@H]1CC[C@H]2C(=O)CO. The van der Waals surface area contributed by atoms with Gasteiger partial charge in [0.1, 0.15) is 6.61 Å². The summed E-state index contributed by atoms with van der Waals surface area (Å²) in [5.41, 5.74) is 1.87. The summed E-state index contributed by atoms with van der Waals surface area (Å²) in [4.78, 5) is 12.3. The summed E-state index contributed by atoms with van der Waals surface area (Å²) in [7, 11) is 0. The zero-order chi connectivity index (χ0) is 17.1. The second-order valence-electron chi connectivity index (χ2n) is 9.45. The van der Waals surface area contributed by atoms with Gasteiger partial charge in [-0.05, 0) is 80.0 Å². The Morgan fingerprint density at radius 1 is 1.17 bits per heavy atom. The Morgan fingerprint density at radius 2 is 1.96 bits per heavy atom. The Morgan fingerprint density at radius 3 is 2.71 bits per heavy atom. The first-order chi connectivity index (χ1) is 11.4. The minimum atomic E-state index is -0.291. The topological polar surface area (TPSA) is 57.5 Å². The molecule has 3 saturated carbocycles. The number of Topliss-reactive ketones (excluding diaryl/α,β-unsaturated/α-hetero) is 1. The van der Waals surface area contributed by atoms with Crippen LogP contribution in [-0.2, 0) is 4.79 Å². The van der Waals surface area contributed by atoms with E-state index in [0.29, 0.717) is 17.8 Å². The van der Waals surface area contributed by atoms with Crippen molar-refractivity contribution in [2.24, 2.45) is 34.5 Å². The van der Waals surface area contributed by atoms with E-state index in [-0.39, 0.29) is 35.2 Å².